The van der Waals surface area contributed by atoms with Crippen LogP contribution >= 0.6 is 0 Å². The minimum Gasteiger partial charge on any atom is -0.491 e. The van der Waals surface area contributed by atoms with Crippen molar-refractivity contribution in [3.8, 4) is 5.75 Å². The Morgan fingerprint density at radius 3 is 2.62 bits per heavy atom. The van der Waals surface area contributed by atoms with Crippen LogP contribution in [0.1, 0.15) is 12.0 Å². The number of aryl methyl sites for hydroxylation is 1. The van der Waals surface area contributed by atoms with Crippen molar-refractivity contribution in [2.75, 3.05) is 20.2 Å². The molecule has 6 nitrogen and oxygen atoms in total. The summed E-state index contributed by atoms with van der Waals surface area (Å²) in [4.78, 5) is 24.1. The van der Waals surface area contributed by atoms with Gasteiger partial charge in [-0.1, -0.05) is 17.7 Å². The fourth-order valence-corrected chi connectivity index (χ4v) is 2.08. The normalized spacial score (nSPS) is 20.0. The summed E-state index contributed by atoms with van der Waals surface area (Å²) in [5.74, 6) is 0.223. The fraction of sp³-hybridized carbons (Fsp3) is 0.467. The molecule has 0 saturated carbocycles. The van der Waals surface area contributed by atoms with Crippen LogP contribution in [-0.2, 0) is 9.59 Å². The minimum atomic E-state index is -0.750. The Bertz CT molecular complexity index is 515. The number of rotatable bonds is 6. The third-order valence-corrected chi connectivity index (χ3v) is 3.44. The summed E-state index contributed by atoms with van der Waals surface area (Å²) in [6.07, 6.45) is -0.610. The van der Waals surface area contributed by atoms with E-state index in [1.54, 1.807) is 0 Å². The van der Waals surface area contributed by atoms with Crippen LogP contribution in [0.4, 0.5) is 0 Å². The van der Waals surface area contributed by atoms with E-state index in [4.69, 9.17) is 4.74 Å². The zero-order valence-corrected chi connectivity index (χ0v) is 12.2. The van der Waals surface area contributed by atoms with Crippen molar-refractivity contribution in [1.82, 2.24) is 10.2 Å². The maximum Gasteiger partial charge on any atom is 0.246 e. The number of nitrogens with one attached hydrogen (secondary N) is 1. The number of likely N-dealkylation sites (N-methyl/N-ethyl adjacent to an activating group) is 1. The van der Waals surface area contributed by atoms with E-state index in [0.29, 0.717) is 5.75 Å². The Morgan fingerprint density at radius 2 is 2.05 bits per heavy atom. The van der Waals surface area contributed by atoms with Gasteiger partial charge in [0.1, 0.15) is 18.5 Å². The first-order chi connectivity index (χ1) is 9.97. The number of carbonyl (C=O) groups excluding carboxylic acids is 2. The van der Waals surface area contributed by atoms with E-state index in [1.807, 2.05) is 31.2 Å². The van der Waals surface area contributed by atoms with E-state index >= 15 is 0 Å². The van der Waals surface area contributed by atoms with Crippen LogP contribution in [0.15, 0.2) is 24.3 Å². The van der Waals surface area contributed by atoms with E-state index in [-0.39, 0.29) is 31.4 Å². The monoisotopic (exact) mass is 292 g/mol. The highest BCUT2D eigenvalue weighted by molar-refractivity contribution is 6.05. The average Bonchev–Trinajstić information content (AvgIpc) is 2.72. The van der Waals surface area contributed by atoms with Crippen molar-refractivity contribution >= 4 is 11.8 Å². The molecule has 1 aliphatic heterocycles. The van der Waals surface area contributed by atoms with E-state index in [9.17, 15) is 14.7 Å². The number of aliphatic hydroxyl groups is 1. The molecule has 2 unspecified atom stereocenters. The molecule has 114 valence electrons. The van der Waals surface area contributed by atoms with Gasteiger partial charge in [-0.25, -0.2) is 0 Å². The maximum atomic E-state index is 11.7. The van der Waals surface area contributed by atoms with Crippen molar-refractivity contribution in [1.29, 1.82) is 0 Å². The van der Waals surface area contributed by atoms with Gasteiger partial charge in [-0.3, -0.25) is 14.5 Å². The average molecular weight is 292 g/mol. The minimum absolute atomic E-state index is 0.126. The Kier molecular flexibility index (Phi) is 4.93. The molecule has 6 heteroatoms. The molecule has 0 aliphatic carbocycles. The lowest BCUT2D eigenvalue weighted by molar-refractivity contribution is -0.137. The van der Waals surface area contributed by atoms with Crippen molar-refractivity contribution < 1.29 is 19.4 Å². The van der Waals surface area contributed by atoms with E-state index in [2.05, 4.69) is 5.32 Å². The molecule has 0 aromatic heterocycles. The third kappa shape index (κ3) is 4.03. The van der Waals surface area contributed by atoms with Crippen molar-refractivity contribution in [2.45, 2.75) is 25.5 Å². The quantitative estimate of drug-likeness (QED) is 0.726. The molecule has 2 rings (SSSR count). The summed E-state index contributed by atoms with van der Waals surface area (Å²) >= 11 is 0. The zero-order valence-electron chi connectivity index (χ0n) is 12.2. The van der Waals surface area contributed by atoms with E-state index < -0.39 is 12.1 Å². The first-order valence-electron chi connectivity index (χ1n) is 6.88. The molecule has 1 heterocycles. The number of aliphatic hydroxyl groups excluding tert-OH is 1. The second kappa shape index (κ2) is 6.69. The van der Waals surface area contributed by atoms with Crippen molar-refractivity contribution in [2.24, 2.45) is 0 Å². The predicted molar refractivity (Wildman–Crippen MR) is 76.9 cm³/mol. The second-order valence-corrected chi connectivity index (χ2v) is 5.23. The number of hydrogen-bond acceptors (Lipinski definition) is 5. The van der Waals surface area contributed by atoms with E-state index in [0.717, 1.165) is 10.5 Å². The topological polar surface area (TPSA) is 78.9 Å². The van der Waals surface area contributed by atoms with Crippen LogP contribution < -0.4 is 10.1 Å². The SMILES string of the molecule is Cc1ccc(OCC(O)CNC2CC(=O)N(C)C2=O)cc1. The summed E-state index contributed by atoms with van der Waals surface area (Å²) in [6, 6.07) is 6.99. The summed E-state index contributed by atoms with van der Waals surface area (Å²) < 4.78 is 5.45. The van der Waals surface area contributed by atoms with Gasteiger partial charge in [0.15, 0.2) is 0 Å². The molecule has 1 aromatic carbocycles. The highest BCUT2D eigenvalue weighted by atomic mass is 16.5. The van der Waals surface area contributed by atoms with Crippen LogP contribution in [0.3, 0.4) is 0 Å². The third-order valence-electron chi connectivity index (χ3n) is 3.44. The van der Waals surface area contributed by atoms with Gasteiger partial charge in [-0.2, -0.15) is 0 Å². The Hall–Kier alpha value is -1.92. The maximum absolute atomic E-state index is 11.7. The van der Waals surface area contributed by atoms with E-state index in [1.165, 1.54) is 7.05 Å². The predicted octanol–water partition coefficient (Wildman–Crippen LogP) is 0.0816. The van der Waals surface area contributed by atoms with Crippen LogP contribution in [0.5, 0.6) is 5.75 Å². The number of carbonyl (C=O) groups is 2. The molecule has 0 radical (unpaired) electrons. The Labute approximate surface area is 123 Å². The molecule has 2 atom stereocenters. The van der Waals surface area contributed by atoms with Crippen LogP contribution in [0.2, 0.25) is 0 Å². The number of nitrogens with zero attached hydrogens (tertiary/aromatic N) is 1. The Morgan fingerprint density at radius 1 is 1.38 bits per heavy atom. The van der Waals surface area contributed by atoms with Gasteiger partial charge in [-0.05, 0) is 19.1 Å². The highest BCUT2D eigenvalue weighted by Gasteiger charge is 2.35. The van der Waals surface area contributed by atoms with Crippen LogP contribution in [0.25, 0.3) is 0 Å². The number of likely N-dealkylation sites (tertiary alicyclic amines) is 1. The van der Waals surface area contributed by atoms with Crippen molar-refractivity contribution in [3.63, 3.8) is 0 Å². The molecule has 21 heavy (non-hydrogen) atoms. The first-order valence-corrected chi connectivity index (χ1v) is 6.88. The van der Waals surface area contributed by atoms with Gasteiger partial charge in [0, 0.05) is 13.6 Å². The van der Waals surface area contributed by atoms with Gasteiger partial charge in [0.2, 0.25) is 11.8 Å². The molecule has 1 aliphatic rings. The molecule has 0 bridgehead atoms. The molecular weight excluding hydrogens is 272 g/mol. The summed E-state index contributed by atoms with van der Waals surface area (Å²) in [5, 5.41) is 12.7. The Balaban J connectivity index is 1.73. The largest absolute Gasteiger partial charge is 0.491 e. The first kappa shape index (κ1) is 15.5. The number of imide groups is 1. The lowest BCUT2D eigenvalue weighted by atomic mass is 10.2. The number of hydrogen-bond donors (Lipinski definition) is 2. The van der Waals surface area contributed by atoms with Crippen LogP contribution in [0, 0.1) is 6.92 Å². The van der Waals surface area contributed by atoms with Crippen LogP contribution in [-0.4, -0.2) is 54.2 Å². The van der Waals surface area contributed by atoms with Gasteiger partial charge < -0.3 is 15.2 Å². The molecule has 0 spiro atoms. The zero-order chi connectivity index (χ0) is 15.4. The van der Waals surface area contributed by atoms with Gasteiger partial charge in [0.25, 0.3) is 0 Å². The smallest absolute Gasteiger partial charge is 0.246 e. The number of ether oxygens (including phenoxy) is 1. The number of amides is 2. The number of benzene rings is 1. The van der Waals surface area contributed by atoms with Gasteiger partial charge in [-0.15, -0.1) is 0 Å². The molecule has 1 fully saturated rings. The molecule has 1 saturated heterocycles. The summed E-state index contributed by atoms with van der Waals surface area (Å²) in [7, 11) is 1.46. The van der Waals surface area contributed by atoms with Gasteiger partial charge in [0.05, 0.1) is 12.5 Å². The molecule has 2 N–H and O–H groups in total. The molecular formula is C15H20N2O4. The van der Waals surface area contributed by atoms with Crippen molar-refractivity contribution in [3.05, 3.63) is 29.8 Å². The summed E-state index contributed by atoms with van der Waals surface area (Å²) in [6.45, 7) is 2.31. The lowest BCUT2D eigenvalue weighted by Gasteiger charge is -2.16. The highest BCUT2D eigenvalue weighted by Crippen LogP contribution is 2.12. The lowest BCUT2D eigenvalue weighted by Crippen LogP contribution is -2.42. The summed E-state index contributed by atoms with van der Waals surface area (Å²) in [5.41, 5.74) is 1.14. The molecule has 1 aromatic rings. The standard InChI is InChI=1S/C15H20N2O4/c1-10-3-5-12(6-4-10)21-9-11(18)8-16-13-7-14(19)17(2)15(13)20/h3-6,11,13,16,18H,7-9H2,1-2H3. The second-order valence-electron chi connectivity index (χ2n) is 5.23. The fourth-order valence-electron chi connectivity index (χ4n) is 2.08. The van der Waals surface area contributed by atoms with Gasteiger partial charge >= 0.3 is 0 Å². The molecule has 2 amide bonds.